The Hall–Kier alpha value is -3.67. The number of carbonyl (C=O) groups is 2. The van der Waals surface area contributed by atoms with Crippen LogP contribution in [0.1, 0.15) is 88.9 Å². The van der Waals surface area contributed by atoms with E-state index in [0.29, 0.717) is 29.2 Å². The van der Waals surface area contributed by atoms with Crippen LogP contribution >= 0.6 is 11.6 Å². The first-order valence-corrected chi connectivity index (χ1v) is 13.7. The average Bonchev–Trinajstić information content (AvgIpc) is 3.57. The zero-order chi connectivity index (χ0) is 27.6. The minimum Gasteiger partial charge on any atom is -0.385 e. The number of fused-ring (bicyclic) bond motifs is 3. The van der Waals surface area contributed by atoms with Crippen molar-refractivity contribution in [3.05, 3.63) is 92.5 Å². The maximum atomic E-state index is 14.0. The lowest BCUT2D eigenvalue weighted by atomic mass is 9.96. The molecule has 3 atom stereocenters. The molecule has 3 aliphatic rings. The summed E-state index contributed by atoms with van der Waals surface area (Å²) in [6.45, 7) is 14.2. The van der Waals surface area contributed by atoms with E-state index in [9.17, 15) is 14.7 Å². The lowest BCUT2D eigenvalue weighted by molar-refractivity contribution is 0.0574. The van der Waals surface area contributed by atoms with Crippen LogP contribution in [0.3, 0.4) is 0 Å². The van der Waals surface area contributed by atoms with Crippen LogP contribution in [-0.2, 0) is 18.6 Å². The smallest absolute Gasteiger partial charge is 0.273 e. The molecular weight excluding hydrogens is 514 g/mol. The normalized spacial score (nSPS) is 22.1. The van der Waals surface area contributed by atoms with Crippen LogP contribution in [0.4, 0.5) is 5.69 Å². The number of amides is 2. The zero-order valence-electron chi connectivity index (χ0n) is 22.2. The van der Waals surface area contributed by atoms with Gasteiger partial charge < -0.3 is 14.9 Å². The molecule has 0 spiro atoms. The Kier molecular flexibility index (Phi) is 6.05. The molecule has 1 saturated carbocycles. The van der Waals surface area contributed by atoms with Crippen LogP contribution in [0, 0.1) is 6.57 Å². The van der Waals surface area contributed by atoms with Gasteiger partial charge in [-0.15, -0.1) is 0 Å². The fourth-order valence-corrected chi connectivity index (χ4v) is 6.01. The van der Waals surface area contributed by atoms with E-state index in [1.807, 2.05) is 47.7 Å². The van der Waals surface area contributed by atoms with Crippen LogP contribution in [0.2, 0.25) is 5.02 Å². The van der Waals surface area contributed by atoms with Crippen LogP contribution in [-0.4, -0.2) is 49.1 Å². The molecule has 1 N–H and O–H groups in total. The molecule has 1 fully saturated rings. The maximum absolute atomic E-state index is 14.0. The molecule has 0 saturated heterocycles. The molecular formula is C30H30ClN5O3. The fraction of sp³-hybridized carbons (Fsp3) is 0.400. The minimum atomic E-state index is -0.688. The molecule has 8 nitrogen and oxygen atoms in total. The van der Waals surface area contributed by atoms with Gasteiger partial charge in [0.2, 0.25) is 5.69 Å². The number of hydrogen-bond donors (Lipinski definition) is 1. The quantitative estimate of drug-likeness (QED) is 0.445. The van der Waals surface area contributed by atoms with Crippen molar-refractivity contribution in [3.8, 4) is 0 Å². The van der Waals surface area contributed by atoms with Crippen molar-refractivity contribution in [1.29, 1.82) is 0 Å². The second kappa shape index (κ2) is 9.22. The maximum Gasteiger partial charge on any atom is 0.273 e. The van der Waals surface area contributed by atoms with Gasteiger partial charge >= 0.3 is 0 Å². The van der Waals surface area contributed by atoms with Gasteiger partial charge in [0.15, 0.2) is 0 Å². The topological polar surface area (TPSA) is 83.0 Å². The van der Waals surface area contributed by atoms with E-state index in [-0.39, 0.29) is 42.2 Å². The lowest BCUT2D eigenvalue weighted by Crippen LogP contribution is -2.45. The number of rotatable bonds is 4. The molecule has 1 aliphatic carbocycles. The average molecular weight is 544 g/mol. The van der Waals surface area contributed by atoms with Crippen molar-refractivity contribution < 1.29 is 14.7 Å². The largest absolute Gasteiger partial charge is 0.385 e. The standard InChI is InChI=1S/C30H30ClN5O3/c1-17-13-25-23(16-34(17)28(37)21-7-10-24(31)26(14-21)32-4)27-29(38)35(15-18(2)36(27)33-25)19(3)20-5-8-22(9-6-20)30(39)11-12-30/h5-10,14,17-19,39H,11-13,15-16H2,1-3H3/t17-,18-,19-/m1/s1. The molecule has 1 aromatic heterocycles. The highest BCUT2D eigenvalue weighted by atomic mass is 35.5. The van der Waals surface area contributed by atoms with Gasteiger partial charge in [-0.3, -0.25) is 14.3 Å². The molecule has 0 unspecified atom stereocenters. The van der Waals surface area contributed by atoms with Gasteiger partial charge in [-0.1, -0.05) is 48.0 Å². The zero-order valence-corrected chi connectivity index (χ0v) is 22.9. The third-order valence-corrected chi connectivity index (χ3v) is 8.80. The number of halogens is 1. The summed E-state index contributed by atoms with van der Waals surface area (Å²) in [6, 6.07) is 12.4. The van der Waals surface area contributed by atoms with Crippen LogP contribution < -0.4 is 0 Å². The van der Waals surface area contributed by atoms with Gasteiger partial charge in [0, 0.05) is 35.2 Å². The Morgan fingerprint density at radius 3 is 2.56 bits per heavy atom. The molecule has 3 heterocycles. The summed E-state index contributed by atoms with van der Waals surface area (Å²) in [5.41, 5.74) is 4.08. The Balaban J connectivity index is 1.29. The first-order chi connectivity index (χ1) is 18.6. The number of benzene rings is 2. The summed E-state index contributed by atoms with van der Waals surface area (Å²) in [5, 5.41) is 15.6. The molecule has 3 aromatic rings. The van der Waals surface area contributed by atoms with E-state index in [4.69, 9.17) is 23.3 Å². The first kappa shape index (κ1) is 25.6. The molecule has 39 heavy (non-hydrogen) atoms. The van der Waals surface area contributed by atoms with Gasteiger partial charge in [0.05, 0.1) is 36.5 Å². The van der Waals surface area contributed by atoms with Crippen molar-refractivity contribution in [1.82, 2.24) is 19.6 Å². The predicted octanol–water partition coefficient (Wildman–Crippen LogP) is 5.43. The van der Waals surface area contributed by atoms with Crippen molar-refractivity contribution in [2.45, 2.75) is 70.3 Å². The molecule has 200 valence electrons. The van der Waals surface area contributed by atoms with E-state index in [1.165, 1.54) is 6.07 Å². The van der Waals surface area contributed by atoms with Crippen molar-refractivity contribution in [2.75, 3.05) is 6.54 Å². The first-order valence-electron chi connectivity index (χ1n) is 13.3. The van der Waals surface area contributed by atoms with E-state index >= 15 is 0 Å². The van der Waals surface area contributed by atoms with Crippen LogP contribution in [0.25, 0.3) is 4.85 Å². The number of hydrogen-bond acceptors (Lipinski definition) is 4. The molecule has 0 radical (unpaired) electrons. The van der Waals surface area contributed by atoms with Crippen molar-refractivity contribution >= 4 is 29.1 Å². The van der Waals surface area contributed by atoms with E-state index in [2.05, 4.69) is 11.8 Å². The SMILES string of the molecule is [C-]#[N+]c1cc(C(=O)N2Cc3c(nn4c3C(=O)N([C@H](C)c3ccc(C5(O)CC5)cc3)C[C@H]4C)C[C@H]2C)ccc1Cl. The van der Waals surface area contributed by atoms with Crippen molar-refractivity contribution in [2.24, 2.45) is 0 Å². The number of aliphatic hydroxyl groups is 1. The molecule has 2 aromatic carbocycles. The second-order valence-corrected chi connectivity index (χ2v) is 11.5. The second-order valence-electron chi connectivity index (χ2n) is 11.1. The van der Waals surface area contributed by atoms with Gasteiger partial charge in [-0.2, -0.15) is 5.10 Å². The Morgan fingerprint density at radius 1 is 1.18 bits per heavy atom. The Bertz CT molecular complexity index is 1540. The van der Waals surface area contributed by atoms with Crippen molar-refractivity contribution in [3.63, 3.8) is 0 Å². The van der Waals surface area contributed by atoms with Gasteiger partial charge in [0.1, 0.15) is 5.69 Å². The Labute approximate surface area is 232 Å². The summed E-state index contributed by atoms with van der Waals surface area (Å²) >= 11 is 6.09. The Morgan fingerprint density at radius 2 is 1.90 bits per heavy atom. The molecule has 9 heteroatoms. The molecule has 0 bridgehead atoms. The summed E-state index contributed by atoms with van der Waals surface area (Å²) < 4.78 is 1.84. The third kappa shape index (κ3) is 4.21. The number of carbonyl (C=O) groups excluding carboxylic acids is 2. The number of nitrogens with zero attached hydrogens (tertiary/aromatic N) is 5. The summed E-state index contributed by atoms with van der Waals surface area (Å²) in [6.07, 6.45) is 2.12. The highest BCUT2D eigenvalue weighted by Crippen LogP contribution is 2.45. The minimum absolute atomic E-state index is 0.0193. The fourth-order valence-electron chi connectivity index (χ4n) is 5.85. The third-order valence-electron chi connectivity index (χ3n) is 8.48. The molecule has 6 rings (SSSR count). The number of aromatic nitrogens is 2. The van der Waals surface area contributed by atoms with Gasteiger partial charge in [0.25, 0.3) is 11.8 Å². The summed E-state index contributed by atoms with van der Waals surface area (Å²) in [7, 11) is 0. The predicted molar refractivity (Wildman–Crippen MR) is 147 cm³/mol. The van der Waals surface area contributed by atoms with E-state index in [0.717, 1.165) is 35.2 Å². The summed E-state index contributed by atoms with van der Waals surface area (Å²) in [5.74, 6) is -0.295. The monoisotopic (exact) mass is 543 g/mol. The highest BCUT2D eigenvalue weighted by Gasteiger charge is 2.43. The summed E-state index contributed by atoms with van der Waals surface area (Å²) in [4.78, 5) is 34.6. The van der Waals surface area contributed by atoms with E-state index < -0.39 is 5.60 Å². The van der Waals surface area contributed by atoms with Gasteiger partial charge in [-0.05, 0) is 50.8 Å². The highest BCUT2D eigenvalue weighted by molar-refractivity contribution is 6.33. The van der Waals surface area contributed by atoms with Gasteiger partial charge in [-0.25, -0.2) is 4.85 Å². The molecule has 2 aliphatic heterocycles. The molecule has 2 amide bonds. The van der Waals surface area contributed by atoms with Crippen LogP contribution in [0.15, 0.2) is 42.5 Å². The lowest BCUT2D eigenvalue weighted by Gasteiger charge is -2.37. The van der Waals surface area contributed by atoms with E-state index in [1.54, 1.807) is 17.0 Å². The van der Waals surface area contributed by atoms with Crippen LogP contribution in [0.5, 0.6) is 0 Å².